The van der Waals surface area contributed by atoms with Gasteiger partial charge in [-0.1, -0.05) is 48.0 Å². The molecule has 0 aliphatic heterocycles. The van der Waals surface area contributed by atoms with Crippen molar-refractivity contribution in [2.24, 2.45) is 4.99 Å². The maximum absolute atomic E-state index is 10.8. The highest BCUT2D eigenvalue weighted by atomic mass is 32.2. The van der Waals surface area contributed by atoms with Crippen LogP contribution in [-0.2, 0) is 16.7 Å². The van der Waals surface area contributed by atoms with Crippen molar-refractivity contribution in [3.05, 3.63) is 65.7 Å². The van der Waals surface area contributed by atoms with Crippen molar-refractivity contribution < 1.29 is 13.0 Å². The van der Waals surface area contributed by atoms with Gasteiger partial charge >= 0.3 is 0 Å². The molecule has 0 radical (unpaired) electrons. The number of benzene rings is 2. The number of rotatable bonds is 6. The lowest BCUT2D eigenvalue weighted by molar-refractivity contribution is 0.482. The molecule has 0 unspecified atom stereocenters. The predicted molar refractivity (Wildman–Crippen MR) is 96.8 cm³/mol. The first-order chi connectivity index (χ1) is 11.4. The van der Waals surface area contributed by atoms with Gasteiger partial charge in [-0.2, -0.15) is 8.42 Å². The lowest BCUT2D eigenvalue weighted by Gasteiger charge is -2.12. The van der Waals surface area contributed by atoms with Gasteiger partial charge in [0.2, 0.25) is 0 Å². The van der Waals surface area contributed by atoms with E-state index >= 15 is 0 Å². The average Bonchev–Trinajstić information content (AvgIpc) is 2.54. The number of nitrogens with zero attached hydrogens (tertiary/aromatic N) is 1. The average molecular weight is 347 g/mol. The minimum atomic E-state index is -4.01. The number of nitrogens with one attached hydrogen (secondary N) is 2. The van der Waals surface area contributed by atoms with E-state index in [1.165, 1.54) is 0 Å². The first-order valence-electron chi connectivity index (χ1n) is 7.53. The summed E-state index contributed by atoms with van der Waals surface area (Å²) in [5.74, 6) is 0.0683. The number of guanidine groups is 1. The third-order valence-corrected chi connectivity index (χ3v) is 3.95. The molecule has 2 aromatic rings. The summed E-state index contributed by atoms with van der Waals surface area (Å²) in [4.78, 5) is 4.45. The van der Waals surface area contributed by atoms with E-state index in [0.29, 0.717) is 12.5 Å². The van der Waals surface area contributed by atoms with E-state index in [2.05, 4.69) is 15.6 Å². The molecule has 2 aromatic carbocycles. The van der Waals surface area contributed by atoms with Gasteiger partial charge in [-0.3, -0.25) is 4.55 Å². The maximum Gasteiger partial charge on any atom is 0.266 e. The molecule has 0 fully saturated rings. The third-order valence-electron chi connectivity index (χ3n) is 3.23. The Labute approximate surface area is 142 Å². The van der Waals surface area contributed by atoms with E-state index in [1.807, 2.05) is 61.5 Å². The lowest BCUT2D eigenvalue weighted by atomic mass is 10.2. The zero-order valence-electron chi connectivity index (χ0n) is 13.4. The van der Waals surface area contributed by atoms with Crippen LogP contribution in [0.25, 0.3) is 0 Å². The fraction of sp³-hybridized carbons (Fsp3) is 0.235. The van der Waals surface area contributed by atoms with Crippen molar-refractivity contribution in [1.82, 2.24) is 5.32 Å². The number of aliphatic imine (C=N–C) groups is 1. The van der Waals surface area contributed by atoms with Gasteiger partial charge in [-0.25, -0.2) is 4.99 Å². The maximum atomic E-state index is 10.8. The minimum absolute atomic E-state index is 0.0608. The van der Waals surface area contributed by atoms with Crippen LogP contribution in [0.4, 0.5) is 5.69 Å². The molecule has 0 saturated carbocycles. The summed E-state index contributed by atoms with van der Waals surface area (Å²) in [6, 6.07) is 17.5. The largest absolute Gasteiger partial charge is 0.355 e. The summed E-state index contributed by atoms with van der Waals surface area (Å²) >= 11 is 0. The summed E-state index contributed by atoms with van der Waals surface area (Å²) < 4.78 is 30.5. The Morgan fingerprint density at radius 2 is 1.75 bits per heavy atom. The molecule has 0 saturated heterocycles. The minimum Gasteiger partial charge on any atom is -0.355 e. The second-order valence-electron chi connectivity index (χ2n) is 5.35. The van der Waals surface area contributed by atoms with E-state index in [9.17, 15) is 8.42 Å². The zero-order valence-corrected chi connectivity index (χ0v) is 14.3. The Bertz CT molecular complexity index is 772. The quantitative estimate of drug-likeness (QED) is 0.424. The fourth-order valence-corrected chi connectivity index (χ4v) is 2.33. The number of aryl methyl sites for hydroxylation is 1. The van der Waals surface area contributed by atoms with Crippen LogP contribution in [0.1, 0.15) is 11.1 Å². The summed E-state index contributed by atoms with van der Waals surface area (Å²) in [5.41, 5.74) is 3.02. The van der Waals surface area contributed by atoms with Crippen molar-refractivity contribution in [1.29, 1.82) is 0 Å². The van der Waals surface area contributed by atoms with Crippen LogP contribution < -0.4 is 10.6 Å². The Morgan fingerprint density at radius 3 is 2.38 bits per heavy atom. The molecule has 7 heteroatoms. The van der Waals surface area contributed by atoms with Gasteiger partial charge < -0.3 is 10.6 Å². The van der Waals surface area contributed by atoms with E-state index in [4.69, 9.17) is 4.55 Å². The topological polar surface area (TPSA) is 90.8 Å². The molecular weight excluding hydrogens is 326 g/mol. The van der Waals surface area contributed by atoms with Gasteiger partial charge in [0.25, 0.3) is 10.1 Å². The highest BCUT2D eigenvalue weighted by Crippen LogP contribution is 2.09. The van der Waals surface area contributed by atoms with Gasteiger partial charge in [0, 0.05) is 12.2 Å². The Kier molecular flexibility index (Phi) is 6.34. The Morgan fingerprint density at radius 1 is 1.08 bits per heavy atom. The molecule has 6 nitrogen and oxygen atoms in total. The van der Waals surface area contributed by atoms with E-state index in [1.54, 1.807) is 0 Å². The molecule has 0 bridgehead atoms. The normalized spacial score (nSPS) is 12.0. The third kappa shape index (κ3) is 6.80. The zero-order chi connectivity index (χ0) is 17.4. The van der Waals surface area contributed by atoms with Crippen molar-refractivity contribution in [3.8, 4) is 0 Å². The van der Waals surface area contributed by atoms with E-state index in [0.717, 1.165) is 16.8 Å². The molecular formula is C17H21N3O3S. The molecule has 3 N–H and O–H groups in total. The van der Waals surface area contributed by atoms with Crippen LogP contribution in [-0.4, -0.2) is 31.2 Å². The fourth-order valence-electron chi connectivity index (χ4n) is 1.97. The molecule has 2 rings (SSSR count). The van der Waals surface area contributed by atoms with Crippen LogP contribution >= 0.6 is 0 Å². The molecule has 24 heavy (non-hydrogen) atoms. The van der Waals surface area contributed by atoms with Crippen LogP contribution in [0.2, 0.25) is 0 Å². The summed E-state index contributed by atoms with van der Waals surface area (Å²) in [5, 5.41) is 6.03. The first-order valence-corrected chi connectivity index (χ1v) is 9.14. The Hall–Kier alpha value is -2.38. The summed E-state index contributed by atoms with van der Waals surface area (Å²) in [6.45, 7) is 2.51. The Balaban J connectivity index is 2.06. The summed E-state index contributed by atoms with van der Waals surface area (Å²) in [6.07, 6.45) is 0. The van der Waals surface area contributed by atoms with Crippen molar-refractivity contribution in [3.63, 3.8) is 0 Å². The smallest absolute Gasteiger partial charge is 0.266 e. The lowest BCUT2D eigenvalue weighted by Crippen LogP contribution is -2.34. The molecule has 0 aliphatic carbocycles. The molecule has 0 amide bonds. The first kappa shape index (κ1) is 18.0. The predicted octanol–water partition coefficient (Wildman–Crippen LogP) is 2.44. The van der Waals surface area contributed by atoms with Gasteiger partial charge in [-0.15, -0.1) is 0 Å². The van der Waals surface area contributed by atoms with Crippen LogP contribution in [0.3, 0.4) is 0 Å². The second kappa shape index (κ2) is 8.47. The molecule has 0 aromatic heterocycles. The molecule has 0 aliphatic rings. The number of hydrogen-bond acceptors (Lipinski definition) is 3. The summed E-state index contributed by atoms with van der Waals surface area (Å²) in [7, 11) is -4.01. The highest BCUT2D eigenvalue weighted by molar-refractivity contribution is 7.85. The van der Waals surface area contributed by atoms with Crippen molar-refractivity contribution >= 4 is 21.8 Å². The SMILES string of the molecule is Cc1ccc(NC(=NCc2ccccc2)NCCS(=O)(=O)O)cc1. The van der Waals surface area contributed by atoms with E-state index < -0.39 is 10.1 Å². The van der Waals surface area contributed by atoms with Gasteiger partial charge in [-0.05, 0) is 24.6 Å². The van der Waals surface area contributed by atoms with E-state index in [-0.39, 0.29) is 12.3 Å². The van der Waals surface area contributed by atoms with Crippen LogP contribution in [0.5, 0.6) is 0 Å². The van der Waals surface area contributed by atoms with Crippen molar-refractivity contribution in [2.75, 3.05) is 17.6 Å². The number of hydrogen-bond donors (Lipinski definition) is 3. The molecule has 0 heterocycles. The molecule has 0 atom stereocenters. The van der Waals surface area contributed by atoms with Gasteiger partial charge in [0.1, 0.15) is 0 Å². The second-order valence-corrected chi connectivity index (χ2v) is 6.93. The van der Waals surface area contributed by atoms with Crippen molar-refractivity contribution in [2.45, 2.75) is 13.5 Å². The molecule has 0 spiro atoms. The van der Waals surface area contributed by atoms with Crippen LogP contribution in [0, 0.1) is 6.92 Å². The monoisotopic (exact) mass is 347 g/mol. The standard InChI is InChI=1S/C17H21N3O3S/c1-14-7-9-16(10-8-14)20-17(18-11-12-24(21,22)23)19-13-15-5-3-2-4-6-15/h2-10H,11-13H2,1H3,(H2,18,19,20)(H,21,22,23). The molecule has 128 valence electrons. The van der Waals surface area contributed by atoms with Crippen LogP contribution in [0.15, 0.2) is 59.6 Å². The highest BCUT2D eigenvalue weighted by Gasteiger charge is 2.06. The van der Waals surface area contributed by atoms with Gasteiger partial charge in [0.15, 0.2) is 5.96 Å². The van der Waals surface area contributed by atoms with Gasteiger partial charge in [0.05, 0.1) is 12.3 Å². The number of anilines is 1.